The molecule has 102 valence electrons. The van der Waals surface area contributed by atoms with Gasteiger partial charge in [-0.15, -0.1) is 0 Å². The smallest absolute Gasteiger partial charge is 0.324 e. The predicted octanol–water partition coefficient (Wildman–Crippen LogP) is 0.196. The lowest BCUT2D eigenvalue weighted by atomic mass is 10.1. The van der Waals surface area contributed by atoms with Gasteiger partial charge in [-0.1, -0.05) is 6.42 Å². The highest BCUT2D eigenvalue weighted by molar-refractivity contribution is 7.56. The van der Waals surface area contributed by atoms with E-state index < -0.39 is 27.0 Å². The summed E-state index contributed by atoms with van der Waals surface area (Å²) in [6.07, 6.45) is 2.26. The topological polar surface area (TPSA) is 118 Å². The first-order valence-corrected chi connectivity index (χ1v) is 8.98. The number of nitrogens with zero attached hydrogens (tertiary/aromatic N) is 1. The molecule has 1 atom stereocenters. The Morgan fingerprint density at radius 3 is 1.94 bits per heavy atom. The maximum absolute atomic E-state index is 11.2. The van der Waals surface area contributed by atoms with Gasteiger partial charge in [0.25, 0.3) is 0 Å². The molecule has 1 rings (SSSR count). The number of rotatable bonds is 5. The van der Waals surface area contributed by atoms with Crippen LogP contribution in [0.1, 0.15) is 19.3 Å². The van der Waals surface area contributed by atoms with Crippen molar-refractivity contribution in [2.75, 3.05) is 25.8 Å². The maximum atomic E-state index is 11.2. The summed E-state index contributed by atoms with van der Waals surface area (Å²) in [4.78, 5) is 37.7. The lowest BCUT2D eigenvalue weighted by Gasteiger charge is -2.30. The minimum absolute atomic E-state index is 0.0510. The molecule has 1 saturated heterocycles. The van der Waals surface area contributed by atoms with Crippen molar-refractivity contribution in [3.05, 3.63) is 0 Å². The van der Waals surface area contributed by atoms with Gasteiger partial charge in [0.15, 0.2) is 0 Å². The van der Waals surface area contributed by atoms with Crippen molar-refractivity contribution in [2.24, 2.45) is 0 Å². The molecule has 0 aliphatic carbocycles. The number of hydrogen-bond acceptors (Lipinski definition) is 3. The average Bonchev–Trinajstić information content (AvgIpc) is 2.15. The Labute approximate surface area is 100 Å². The molecule has 1 aliphatic heterocycles. The van der Waals surface area contributed by atoms with Crippen LogP contribution in [0, 0.1) is 0 Å². The van der Waals surface area contributed by atoms with Gasteiger partial charge in [0, 0.05) is 6.54 Å². The molecule has 0 spiro atoms. The van der Waals surface area contributed by atoms with Crippen LogP contribution in [0.25, 0.3) is 0 Å². The van der Waals surface area contributed by atoms with Crippen LogP contribution < -0.4 is 0 Å². The van der Waals surface area contributed by atoms with E-state index in [-0.39, 0.29) is 6.54 Å². The summed E-state index contributed by atoms with van der Waals surface area (Å²) in [5, 5.41) is 0. The molecule has 0 aromatic heterocycles. The zero-order valence-electron chi connectivity index (χ0n) is 9.47. The fraction of sp³-hybridized carbons (Fsp3) is 1.00. The monoisotopic (exact) mass is 287 g/mol. The molecule has 1 fully saturated rings. The first-order chi connectivity index (χ1) is 7.68. The van der Waals surface area contributed by atoms with Crippen LogP contribution >= 0.6 is 15.2 Å². The molecule has 9 heteroatoms. The van der Waals surface area contributed by atoms with Gasteiger partial charge in [0.2, 0.25) is 0 Å². The van der Waals surface area contributed by atoms with E-state index >= 15 is 0 Å². The molecule has 17 heavy (non-hydrogen) atoms. The van der Waals surface area contributed by atoms with E-state index in [0.717, 1.165) is 32.4 Å². The van der Waals surface area contributed by atoms with Gasteiger partial charge in [-0.05, 0) is 25.9 Å². The van der Waals surface area contributed by atoms with E-state index in [9.17, 15) is 9.13 Å². The van der Waals surface area contributed by atoms with Gasteiger partial charge in [0.1, 0.15) is 0 Å². The molecule has 0 aromatic carbocycles. The fourth-order valence-electron chi connectivity index (χ4n) is 1.99. The van der Waals surface area contributed by atoms with Gasteiger partial charge in [0.05, 0.1) is 11.8 Å². The highest BCUT2D eigenvalue weighted by Crippen LogP contribution is 2.49. The minimum Gasteiger partial charge on any atom is -0.324 e. The molecule has 1 aliphatic rings. The van der Waals surface area contributed by atoms with Gasteiger partial charge in [-0.25, -0.2) is 0 Å². The van der Waals surface area contributed by atoms with E-state index in [4.69, 9.17) is 19.6 Å². The van der Waals surface area contributed by atoms with Crippen molar-refractivity contribution in [3.63, 3.8) is 0 Å². The summed E-state index contributed by atoms with van der Waals surface area (Å²) in [6.45, 7) is 1.52. The Kier molecular flexibility index (Phi) is 5.35. The van der Waals surface area contributed by atoms with Gasteiger partial charge in [-0.2, -0.15) is 0 Å². The van der Waals surface area contributed by atoms with Crippen molar-refractivity contribution in [1.29, 1.82) is 0 Å². The zero-order valence-corrected chi connectivity index (χ0v) is 11.3. The molecule has 0 saturated carbocycles. The third-order valence-electron chi connectivity index (χ3n) is 2.84. The van der Waals surface area contributed by atoms with Crippen LogP contribution in [0.2, 0.25) is 0 Å². The molecule has 0 amide bonds. The highest BCUT2D eigenvalue weighted by atomic mass is 31.2. The summed E-state index contributed by atoms with van der Waals surface area (Å²) in [6, 6.07) is 0. The van der Waals surface area contributed by atoms with E-state index in [1.54, 1.807) is 0 Å². The Balaban J connectivity index is 2.63. The average molecular weight is 287 g/mol. The lowest BCUT2D eigenvalue weighted by Crippen LogP contribution is -2.37. The largest absolute Gasteiger partial charge is 0.330 e. The highest BCUT2D eigenvalue weighted by Gasteiger charge is 2.36. The molecule has 7 nitrogen and oxygen atoms in total. The Morgan fingerprint density at radius 2 is 1.53 bits per heavy atom. The maximum Gasteiger partial charge on any atom is 0.330 e. The fourth-order valence-corrected chi connectivity index (χ4v) is 4.58. The number of piperidine rings is 1. The van der Waals surface area contributed by atoms with Crippen molar-refractivity contribution >= 4 is 15.2 Å². The summed E-state index contributed by atoms with van der Waals surface area (Å²) in [5.41, 5.74) is -1.28. The second kappa shape index (κ2) is 5.93. The third-order valence-corrected chi connectivity index (χ3v) is 5.34. The van der Waals surface area contributed by atoms with E-state index in [1.807, 2.05) is 4.90 Å². The predicted molar refractivity (Wildman–Crippen MR) is 63.0 cm³/mol. The minimum atomic E-state index is -4.47. The van der Waals surface area contributed by atoms with E-state index in [0.29, 0.717) is 0 Å². The standard InChI is InChI=1S/C8H19NO6P2/c10-16(11,12)7-8(17(13,14)15)6-9-4-2-1-3-5-9/h8H,1-7H2,(H2,10,11,12)(H2,13,14,15). The third kappa shape index (κ3) is 6.11. The summed E-state index contributed by atoms with van der Waals surface area (Å²) in [7, 11) is -8.88. The van der Waals surface area contributed by atoms with Crippen LogP contribution in [0.5, 0.6) is 0 Å². The van der Waals surface area contributed by atoms with Crippen molar-refractivity contribution < 1.29 is 28.7 Å². The molecule has 1 heterocycles. The lowest BCUT2D eigenvalue weighted by molar-refractivity contribution is 0.220. The van der Waals surface area contributed by atoms with Crippen molar-refractivity contribution in [1.82, 2.24) is 4.90 Å². The van der Waals surface area contributed by atoms with Crippen LogP contribution in [0.15, 0.2) is 0 Å². The summed E-state index contributed by atoms with van der Waals surface area (Å²) < 4.78 is 22.1. The van der Waals surface area contributed by atoms with Gasteiger partial charge in [-0.3, -0.25) is 9.13 Å². The first kappa shape index (κ1) is 15.3. The van der Waals surface area contributed by atoms with Crippen LogP contribution in [-0.2, 0) is 9.13 Å². The molecule has 1 unspecified atom stereocenters. The second-order valence-electron chi connectivity index (χ2n) is 4.45. The van der Waals surface area contributed by atoms with Crippen molar-refractivity contribution in [2.45, 2.75) is 24.9 Å². The van der Waals surface area contributed by atoms with Crippen molar-refractivity contribution in [3.8, 4) is 0 Å². The quantitative estimate of drug-likeness (QED) is 0.533. The van der Waals surface area contributed by atoms with Gasteiger partial charge >= 0.3 is 15.2 Å². The molecule has 0 radical (unpaired) electrons. The van der Waals surface area contributed by atoms with Crippen LogP contribution in [0.3, 0.4) is 0 Å². The van der Waals surface area contributed by atoms with Gasteiger partial charge < -0.3 is 24.5 Å². The van der Waals surface area contributed by atoms with E-state index in [2.05, 4.69) is 0 Å². The SMILES string of the molecule is O=P(O)(O)CC(CN1CCCCC1)P(=O)(O)O. The molecule has 0 aromatic rings. The first-order valence-electron chi connectivity index (χ1n) is 5.50. The molecule has 4 N–H and O–H groups in total. The Hall–Kier alpha value is 0.260. The summed E-state index contributed by atoms with van der Waals surface area (Å²) in [5.74, 6) is 0. The Bertz CT molecular complexity index is 331. The van der Waals surface area contributed by atoms with Crippen LogP contribution in [0.4, 0.5) is 0 Å². The normalized spacial score (nSPS) is 21.4. The molecule has 0 bridgehead atoms. The Morgan fingerprint density at radius 1 is 1.00 bits per heavy atom. The number of hydrogen-bond donors (Lipinski definition) is 4. The van der Waals surface area contributed by atoms with Crippen LogP contribution in [-0.4, -0.2) is 55.9 Å². The zero-order chi connectivity index (χ0) is 13.1. The second-order valence-corrected chi connectivity index (χ2v) is 8.05. The number of likely N-dealkylation sites (tertiary alicyclic amines) is 1. The van der Waals surface area contributed by atoms with E-state index in [1.165, 1.54) is 0 Å². The molecular formula is C8H19NO6P2. The summed E-state index contributed by atoms with van der Waals surface area (Å²) >= 11 is 0. The molecular weight excluding hydrogens is 268 g/mol.